The van der Waals surface area contributed by atoms with Gasteiger partial charge in [0.15, 0.2) is 4.34 Å². The average Bonchev–Trinajstić information content (AvgIpc) is 3.33. The van der Waals surface area contributed by atoms with E-state index in [4.69, 9.17) is 9.72 Å². The van der Waals surface area contributed by atoms with Crippen LogP contribution in [0.5, 0.6) is 0 Å². The average molecular weight is 530 g/mol. The minimum atomic E-state index is -0.336. The summed E-state index contributed by atoms with van der Waals surface area (Å²) in [7, 11) is 0. The molecule has 6 nitrogen and oxygen atoms in total. The van der Waals surface area contributed by atoms with Crippen LogP contribution in [0.2, 0.25) is 0 Å². The lowest BCUT2D eigenvalue weighted by molar-refractivity contribution is -0.139. The zero-order valence-corrected chi connectivity index (χ0v) is 22.2. The topological polar surface area (TPSA) is 71.5 Å². The van der Waals surface area contributed by atoms with E-state index in [-0.39, 0.29) is 29.7 Å². The Kier molecular flexibility index (Phi) is 7.69. The zero-order valence-electron chi connectivity index (χ0n) is 20.6. The van der Waals surface area contributed by atoms with E-state index < -0.39 is 0 Å². The summed E-state index contributed by atoms with van der Waals surface area (Å²) in [5, 5.41) is 2.98. The van der Waals surface area contributed by atoms with E-state index in [2.05, 4.69) is 5.32 Å². The number of thiazole rings is 1. The van der Waals surface area contributed by atoms with Crippen LogP contribution < -0.4 is 5.32 Å². The molecule has 1 saturated heterocycles. The highest BCUT2D eigenvalue weighted by atomic mass is 32.2. The summed E-state index contributed by atoms with van der Waals surface area (Å²) >= 11 is 2.96. The van der Waals surface area contributed by atoms with Crippen molar-refractivity contribution in [3.8, 4) is 0 Å². The maximum atomic E-state index is 14.1. The SMILES string of the molecule is C[C@H]1CN(C(=O)/C(NC(=O)c2ccccc2)=C(/Sc2nc3ccccc3s2)c2ccccc2)C[C@H](C)O1. The number of nitrogens with zero attached hydrogens (tertiary/aromatic N) is 2. The maximum Gasteiger partial charge on any atom is 0.271 e. The Morgan fingerprint density at radius 3 is 2.14 bits per heavy atom. The Balaban J connectivity index is 1.62. The zero-order chi connectivity index (χ0) is 25.8. The van der Waals surface area contributed by atoms with Crippen molar-refractivity contribution in [2.45, 2.75) is 30.4 Å². The summed E-state index contributed by atoms with van der Waals surface area (Å²) in [5.74, 6) is -0.574. The molecule has 1 aliphatic heterocycles. The standard InChI is InChI=1S/C29H27N3O3S2/c1-19-17-32(18-20(2)35-19)28(34)25(31-27(33)22-13-7-4-8-14-22)26(21-11-5-3-6-12-21)37-29-30-23-15-9-10-16-24(23)36-29/h3-16,19-20H,17-18H2,1-2H3,(H,31,33)/b26-25-/t19-,20-/m0/s1. The number of carbonyl (C=O) groups is 2. The molecule has 0 bridgehead atoms. The van der Waals surface area contributed by atoms with Crippen molar-refractivity contribution >= 4 is 50.0 Å². The predicted octanol–water partition coefficient (Wildman–Crippen LogP) is 5.82. The van der Waals surface area contributed by atoms with E-state index in [1.807, 2.05) is 74.5 Å². The molecule has 3 aromatic carbocycles. The van der Waals surface area contributed by atoms with E-state index in [0.29, 0.717) is 23.6 Å². The van der Waals surface area contributed by atoms with Crippen molar-refractivity contribution in [2.75, 3.05) is 13.1 Å². The minimum Gasteiger partial charge on any atom is -0.372 e. The number of carbonyl (C=O) groups excluding carboxylic acids is 2. The van der Waals surface area contributed by atoms with Crippen LogP contribution in [-0.4, -0.2) is 47.0 Å². The third-order valence-electron chi connectivity index (χ3n) is 5.92. The van der Waals surface area contributed by atoms with Gasteiger partial charge in [0.1, 0.15) is 5.70 Å². The first-order valence-electron chi connectivity index (χ1n) is 12.1. The molecule has 5 rings (SSSR count). The number of benzene rings is 3. The summed E-state index contributed by atoms with van der Waals surface area (Å²) < 4.78 is 7.72. The van der Waals surface area contributed by atoms with Gasteiger partial charge in [0.05, 0.1) is 27.3 Å². The molecule has 1 fully saturated rings. The van der Waals surface area contributed by atoms with E-state index in [1.54, 1.807) is 40.5 Å². The van der Waals surface area contributed by atoms with Crippen LogP contribution in [-0.2, 0) is 9.53 Å². The number of thioether (sulfide) groups is 1. The molecule has 188 valence electrons. The number of aromatic nitrogens is 1. The first kappa shape index (κ1) is 25.2. The largest absolute Gasteiger partial charge is 0.372 e. The van der Waals surface area contributed by atoms with Gasteiger partial charge in [0, 0.05) is 18.7 Å². The Bertz CT molecular complexity index is 1390. The second-order valence-electron chi connectivity index (χ2n) is 8.91. The van der Waals surface area contributed by atoms with Crippen LogP contribution in [0.3, 0.4) is 0 Å². The van der Waals surface area contributed by atoms with Gasteiger partial charge < -0.3 is 15.0 Å². The van der Waals surface area contributed by atoms with Gasteiger partial charge in [0.25, 0.3) is 11.8 Å². The number of rotatable bonds is 6. The lowest BCUT2D eigenvalue weighted by atomic mass is 10.1. The molecule has 1 aliphatic rings. The van der Waals surface area contributed by atoms with Crippen molar-refractivity contribution in [3.63, 3.8) is 0 Å². The van der Waals surface area contributed by atoms with Crippen LogP contribution in [0.25, 0.3) is 15.1 Å². The molecule has 0 radical (unpaired) electrons. The molecular weight excluding hydrogens is 502 g/mol. The first-order chi connectivity index (χ1) is 18.0. The number of amides is 2. The first-order valence-corrected chi connectivity index (χ1v) is 13.8. The molecule has 4 aromatic rings. The number of hydrogen-bond donors (Lipinski definition) is 1. The molecule has 1 aromatic heterocycles. The van der Waals surface area contributed by atoms with E-state index in [9.17, 15) is 9.59 Å². The highest BCUT2D eigenvalue weighted by molar-refractivity contribution is 8.09. The molecule has 0 unspecified atom stereocenters. The molecule has 0 saturated carbocycles. The molecule has 2 amide bonds. The smallest absolute Gasteiger partial charge is 0.271 e. The Morgan fingerprint density at radius 2 is 1.49 bits per heavy atom. The fourth-order valence-electron chi connectivity index (χ4n) is 4.31. The number of para-hydroxylation sites is 1. The van der Waals surface area contributed by atoms with Crippen molar-refractivity contribution in [2.24, 2.45) is 0 Å². The number of nitrogens with one attached hydrogen (secondary N) is 1. The van der Waals surface area contributed by atoms with Crippen LogP contribution in [0.1, 0.15) is 29.8 Å². The van der Waals surface area contributed by atoms with Gasteiger partial charge in [-0.05, 0) is 43.7 Å². The summed E-state index contributed by atoms with van der Waals surface area (Å²) in [6.45, 7) is 4.80. The van der Waals surface area contributed by atoms with Gasteiger partial charge >= 0.3 is 0 Å². The minimum absolute atomic E-state index is 0.101. The number of hydrogen-bond acceptors (Lipinski definition) is 6. The fourth-order valence-corrected chi connectivity index (χ4v) is 6.51. The van der Waals surface area contributed by atoms with Crippen molar-refractivity contribution in [3.05, 3.63) is 102 Å². The highest BCUT2D eigenvalue weighted by Crippen LogP contribution is 2.40. The molecule has 0 spiro atoms. The van der Waals surface area contributed by atoms with E-state index in [0.717, 1.165) is 20.1 Å². The second kappa shape index (κ2) is 11.3. The van der Waals surface area contributed by atoms with Crippen molar-refractivity contribution < 1.29 is 14.3 Å². The molecular formula is C29H27N3O3S2. The molecule has 2 heterocycles. The Morgan fingerprint density at radius 1 is 0.892 bits per heavy atom. The highest BCUT2D eigenvalue weighted by Gasteiger charge is 2.31. The predicted molar refractivity (Wildman–Crippen MR) is 149 cm³/mol. The second-order valence-corrected chi connectivity index (χ2v) is 11.2. The van der Waals surface area contributed by atoms with Crippen LogP contribution in [0.15, 0.2) is 95.0 Å². The van der Waals surface area contributed by atoms with Crippen molar-refractivity contribution in [1.82, 2.24) is 15.2 Å². The lowest BCUT2D eigenvalue weighted by Gasteiger charge is -2.36. The quantitative estimate of drug-likeness (QED) is 0.252. The third-order valence-corrected chi connectivity index (χ3v) is 8.16. The third kappa shape index (κ3) is 5.93. The Hall–Kier alpha value is -3.46. The van der Waals surface area contributed by atoms with Gasteiger partial charge in [0.2, 0.25) is 0 Å². The number of morpholine rings is 1. The molecule has 2 atom stereocenters. The lowest BCUT2D eigenvalue weighted by Crippen LogP contribution is -2.50. The van der Waals surface area contributed by atoms with Gasteiger partial charge in [-0.2, -0.15) is 0 Å². The molecule has 8 heteroatoms. The fraction of sp³-hybridized carbons (Fsp3) is 0.207. The van der Waals surface area contributed by atoms with E-state index in [1.165, 1.54) is 11.8 Å². The molecule has 0 aliphatic carbocycles. The number of ether oxygens (including phenoxy) is 1. The monoisotopic (exact) mass is 529 g/mol. The van der Waals surface area contributed by atoms with Gasteiger partial charge in [-0.3, -0.25) is 9.59 Å². The molecule has 37 heavy (non-hydrogen) atoms. The van der Waals surface area contributed by atoms with E-state index >= 15 is 0 Å². The summed E-state index contributed by atoms with van der Waals surface area (Å²) in [5.41, 5.74) is 2.46. The van der Waals surface area contributed by atoms with Gasteiger partial charge in [-0.15, -0.1) is 11.3 Å². The maximum absolute atomic E-state index is 14.1. The van der Waals surface area contributed by atoms with Crippen LogP contribution in [0.4, 0.5) is 0 Å². The summed E-state index contributed by atoms with van der Waals surface area (Å²) in [6, 6.07) is 26.6. The number of fused-ring (bicyclic) bond motifs is 1. The molecule has 1 N–H and O–H groups in total. The summed E-state index contributed by atoms with van der Waals surface area (Å²) in [4.78, 5) is 34.6. The van der Waals surface area contributed by atoms with Crippen molar-refractivity contribution in [1.29, 1.82) is 0 Å². The summed E-state index contributed by atoms with van der Waals surface area (Å²) in [6.07, 6.45) is -0.202. The van der Waals surface area contributed by atoms with Gasteiger partial charge in [-0.1, -0.05) is 72.4 Å². The normalized spacial score (nSPS) is 18.4. The van der Waals surface area contributed by atoms with Crippen LogP contribution >= 0.6 is 23.1 Å². The van der Waals surface area contributed by atoms with Crippen LogP contribution in [0, 0.1) is 0 Å². The Labute approximate surface area is 224 Å². The van der Waals surface area contributed by atoms with Gasteiger partial charge in [-0.25, -0.2) is 4.98 Å².